The molecule has 0 fully saturated rings. The lowest BCUT2D eigenvalue weighted by Gasteiger charge is -2.33. The average molecular weight is 303 g/mol. The average Bonchev–Trinajstić information content (AvgIpc) is 2.52. The van der Waals surface area contributed by atoms with Crippen LogP contribution in [0.3, 0.4) is 0 Å². The van der Waals surface area contributed by atoms with Crippen LogP contribution in [0, 0.1) is 0 Å². The van der Waals surface area contributed by atoms with Crippen molar-refractivity contribution >= 4 is 17.3 Å². The van der Waals surface area contributed by atoms with Gasteiger partial charge in [0.2, 0.25) is 0 Å². The third-order valence-corrected chi connectivity index (χ3v) is 3.91. The number of anilines is 1. The van der Waals surface area contributed by atoms with E-state index in [2.05, 4.69) is 42.2 Å². The highest BCUT2D eigenvalue weighted by Gasteiger charge is 2.19. The van der Waals surface area contributed by atoms with Crippen molar-refractivity contribution < 1.29 is 0 Å². The second-order valence-corrected chi connectivity index (χ2v) is 5.63. The highest BCUT2D eigenvalue weighted by atomic mass is 35.5. The van der Waals surface area contributed by atoms with E-state index in [4.69, 9.17) is 17.3 Å². The first-order valence-corrected chi connectivity index (χ1v) is 7.91. The van der Waals surface area contributed by atoms with Gasteiger partial charge in [-0.3, -0.25) is 0 Å². The topological polar surface area (TPSA) is 29.3 Å². The lowest BCUT2D eigenvalue weighted by Crippen LogP contribution is -2.34. The van der Waals surface area contributed by atoms with Gasteiger partial charge in [0.15, 0.2) is 0 Å². The summed E-state index contributed by atoms with van der Waals surface area (Å²) in [6.45, 7) is 3.77. The van der Waals surface area contributed by atoms with Crippen LogP contribution in [0.4, 0.5) is 5.69 Å². The van der Waals surface area contributed by atoms with Gasteiger partial charge in [-0.05, 0) is 36.2 Å². The van der Waals surface area contributed by atoms with Crippen molar-refractivity contribution in [2.24, 2.45) is 5.73 Å². The summed E-state index contributed by atoms with van der Waals surface area (Å²) >= 11 is 6.14. The Kier molecular flexibility index (Phi) is 6.09. The number of hydrogen-bond donors (Lipinski definition) is 1. The third kappa shape index (κ3) is 4.23. The molecule has 0 aliphatic rings. The van der Waals surface area contributed by atoms with E-state index in [1.54, 1.807) is 0 Å². The van der Waals surface area contributed by atoms with Gasteiger partial charge in [-0.1, -0.05) is 55.3 Å². The van der Waals surface area contributed by atoms with Crippen LogP contribution in [0.1, 0.15) is 31.4 Å². The van der Waals surface area contributed by atoms with Crippen molar-refractivity contribution in [1.29, 1.82) is 0 Å². The molecule has 0 aromatic heterocycles. The second-order valence-electron chi connectivity index (χ2n) is 5.19. The molecule has 0 aliphatic carbocycles. The SMILES string of the molecule is CCCCN(c1ccccc1)C(CN)c1cccc(Cl)c1. The monoisotopic (exact) mass is 302 g/mol. The second kappa shape index (κ2) is 8.06. The van der Waals surface area contributed by atoms with Crippen LogP contribution in [0.2, 0.25) is 5.02 Å². The number of para-hydroxylation sites is 1. The fourth-order valence-corrected chi connectivity index (χ4v) is 2.77. The molecule has 112 valence electrons. The van der Waals surface area contributed by atoms with Gasteiger partial charge < -0.3 is 10.6 Å². The van der Waals surface area contributed by atoms with Gasteiger partial charge in [-0.2, -0.15) is 0 Å². The van der Waals surface area contributed by atoms with Gasteiger partial charge in [0.25, 0.3) is 0 Å². The van der Waals surface area contributed by atoms with E-state index in [-0.39, 0.29) is 6.04 Å². The first-order valence-electron chi connectivity index (χ1n) is 7.53. The van der Waals surface area contributed by atoms with Gasteiger partial charge in [0, 0.05) is 23.8 Å². The van der Waals surface area contributed by atoms with E-state index in [0.717, 1.165) is 24.4 Å². The highest BCUT2D eigenvalue weighted by Crippen LogP contribution is 2.28. The molecule has 1 unspecified atom stereocenters. The minimum atomic E-state index is 0.151. The molecule has 0 bridgehead atoms. The zero-order valence-electron chi connectivity index (χ0n) is 12.5. The number of unbranched alkanes of at least 4 members (excludes halogenated alkanes) is 1. The summed E-state index contributed by atoms with van der Waals surface area (Å²) in [7, 11) is 0. The summed E-state index contributed by atoms with van der Waals surface area (Å²) in [6, 6.07) is 18.6. The number of hydrogen-bond acceptors (Lipinski definition) is 2. The van der Waals surface area contributed by atoms with Gasteiger partial charge >= 0.3 is 0 Å². The Morgan fingerprint density at radius 1 is 1.10 bits per heavy atom. The first kappa shape index (κ1) is 15.9. The maximum Gasteiger partial charge on any atom is 0.0665 e. The van der Waals surface area contributed by atoms with Crippen molar-refractivity contribution in [2.45, 2.75) is 25.8 Å². The molecule has 2 rings (SSSR count). The highest BCUT2D eigenvalue weighted by molar-refractivity contribution is 6.30. The maximum absolute atomic E-state index is 6.14. The van der Waals surface area contributed by atoms with Crippen LogP contribution in [0.15, 0.2) is 54.6 Å². The van der Waals surface area contributed by atoms with Crippen LogP contribution in [-0.4, -0.2) is 13.1 Å². The van der Waals surface area contributed by atoms with Crippen LogP contribution >= 0.6 is 11.6 Å². The summed E-state index contributed by atoms with van der Waals surface area (Å²) in [6.07, 6.45) is 2.31. The van der Waals surface area contributed by atoms with Gasteiger partial charge in [0.05, 0.1) is 6.04 Å². The van der Waals surface area contributed by atoms with E-state index in [1.165, 1.54) is 11.3 Å². The van der Waals surface area contributed by atoms with Crippen LogP contribution in [0.5, 0.6) is 0 Å². The Morgan fingerprint density at radius 3 is 2.48 bits per heavy atom. The molecule has 0 spiro atoms. The molecule has 0 saturated carbocycles. The molecule has 2 aromatic carbocycles. The van der Waals surface area contributed by atoms with Gasteiger partial charge in [-0.15, -0.1) is 0 Å². The predicted octanol–water partition coefficient (Wildman–Crippen LogP) is 4.65. The summed E-state index contributed by atoms with van der Waals surface area (Å²) in [4.78, 5) is 2.38. The summed E-state index contributed by atoms with van der Waals surface area (Å²) in [5.74, 6) is 0. The quantitative estimate of drug-likeness (QED) is 0.807. The van der Waals surface area contributed by atoms with E-state index < -0.39 is 0 Å². The molecule has 0 aliphatic heterocycles. The Hall–Kier alpha value is -1.51. The smallest absolute Gasteiger partial charge is 0.0665 e. The number of nitrogens with zero attached hydrogens (tertiary/aromatic N) is 1. The normalized spacial score (nSPS) is 12.1. The maximum atomic E-state index is 6.14. The van der Waals surface area contributed by atoms with Crippen LogP contribution in [0.25, 0.3) is 0 Å². The number of rotatable bonds is 7. The Bertz CT molecular complexity index is 542. The lowest BCUT2D eigenvalue weighted by atomic mass is 10.0. The zero-order valence-corrected chi connectivity index (χ0v) is 13.3. The lowest BCUT2D eigenvalue weighted by molar-refractivity contribution is 0.605. The molecule has 0 heterocycles. The molecular weight excluding hydrogens is 280 g/mol. The molecular formula is C18H23ClN2. The van der Waals surface area contributed by atoms with Crippen molar-refractivity contribution in [3.63, 3.8) is 0 Å². The molecule has 0 amide bonds. The Balaban J connectivity index is 2.33. The molecule has 2 aromatic rings. The van der Waals surface area contributed by atoms with Crippen LogP contribution < -0.4 is 10.6 Å². The van der Waals surface area contributed by atoms with E-state index in [0.29, 0.717) is 6.54 Å². The summed E-state index contributed by atoms with van der Waals surface area (Å²) in [5.41, 5.74) is 8.46. The van der Waals surface area contributed by atoms with Gasteiger partial charge in [-0.25, -0.2) is 0 Å². The molecule has 21 heavy (non-hydrogen) atoms. The minimum absolute atomic E-state index is 0.151. The standard InChI is InChI=1S/C18H23ClN2/c1-2-3-12-21(17-10-5-4-6-11-17)18(14-20)15-8-7-9-16(19)13-15/h4-11,13,18H,2-3,12,14,20H2,1H3. The third-order valence-electron chi connectivity index (χ3n) is 3.67. The Morgan fingerprint density at radius 2 is 1.86 bits per heavy atom. The molecule has 1 atom stereocenters. The van der Waals surface area contributed by atoms with Crippen molar-refractivity contribution in [2.75, 3.05) is 18.0 Å². The fourth-order valence-electron chi connectivity index (χ4n) is 2.57. The molecule has 2 nitrogen and oxygen atoms in total. The fraction of sp³-hybridized carbons (Fsp3) is 0.333. The largest absolute Gasteiger partial charge is 0.363 e. The summed E-state index contributed by atoms with van der Waals surface area (Å²) in [5, 5.41) is 0.759. The Labute approximate surface area is 132 Å². The summed E-state index contributed by atoms with van der Waals surface area (Å²) < 4.78 is 0. The van der Waals surface area contributed by atoms with Gasteiger partial charge in [0.1, 0.15) is 0 Å². The predicted molar refractivity (Wildman–Crippen MR) is 91.9 cm³/mol. The van der Waals surface area contributed by atoms with E-state index in [9.17, 15) is 0 Å². The molecule has 2 N–H and O–H groups in total. The molecule has 0 radical (unpaired) electrons. The molecule has 0 saturated heterocycles. The van der Waals surface area contributed by atoms with Crippen molar-refractivity contribution in [3.05, 3.63) is 65.2 Å². The number of halogens is 1. The first-order chi connectivity index (χ1) is 10.3. The number of benzene rings is 2. The van der Waals surface area contributed by atoms with E-state index in [1.807, 2.05) is 24.3 Å². The van der Waals surface area contributed by atoms with Crippen molar-refractivity contribution in [1.82, 2.24) is 0 Å². The minimum Gasteiger partial charge on any atom is -0.363 e. The zero-order chi connectivity index (χ0) is 15.1. The van der Waals surface area contributed by atoms with Crippen LogP contribution in [-0.2, 0) is 0 Å². The number of nitrogens with two attached hydrogens (primary N) is 1. The van der Waals surface area contributed by atoms with Crippen molar-refractivity contribution in [3.8, 4) is 0 Å². The molecule has 3 heteroatoms. The van der Waals surface area contributed by atoms with E-state index >= 15 is 0 Å².